The Morgan fingerprint density at radius 2 is 1.96 bits per heavy atom. The van der Waals surface area contributed by atoms with Gasteiger partial charge in [0.1, 0.15) is 11.3 Å². The minimum Gasteiger partial charge on any atom is -0.308 e. The third kappa shape index (κ3) is 3.16. The molecular formula is C18H17F3N4O2S. The summed E-state index contributed by atoms with van der Waals surface area (Å²) in [6, 6.07) is 7.27. The monoisotopic (exact) mass is 410 g/mol. The number of rotatable bonds is 3. The molecule has 10 heteroatoms. The van der Waals surface area contributed by atoms with E-state index in [2.05, 4.69) is 9.97 Å². The molecule has 0 bridgehead atoms. The largest absolute Gasteiger partial charge is 0.416 e. The molecule has 1 aromatic carbocycles. The number of pyridine rings is 1. The second-order valence-electron chi connectivity index (χ2n) is 6.71. The highest BCUT2D eigenvalue weighted by Crippen LogP contribution is 2.33. The standard InChI is InChI=1S/C18H17F3N4O2S/c1-12-23-16-6-3-8-22-17(16)25(12)14-7-9-24(11-14)28(26,27)15-5-2-4-13(10-15)18(19,20)21/h2-6,8,10,14H,7,9,11H2,1H3. The smallest absolute Gasteiger partial charge is 0.308 e. The van der Waals surface area contributed by atoms with Crippen LogP contribution in [0.4, 0.5) is 13.2 Å². The van der Waals surface area contributed by atoms with Gasteiger partial charge in [0, 0.05) is 19.3 Å². The van der Waals surface area contributed by atoms with Gasteiger partial charge in [-0.1, -0.05) is 6.07 Å². The number of fused-ring (bicyclic) bond motifs is 1. The fourth-order valence-corrected chi connectivity index (χ4v) is 5.14. The van der Waals surface area contributed by atoms with Crippen LogP contribution in [-0.4, -0.2) is 40.3 Å². The molecule has 0 radical (unpaired) electrons. The maximum absolute atomic E-state index is 12.9. The number of nitrogens with zero attached hydrogens (tertiary/aromatic N) is 4. The first-order valence-corrected chi connectivity index (χ1v) is 10.1. The van der Waals surface area contributed by atoms with Crippen LogP contribution in [0.3, 0.4) is 0 Å². The number of hydrogen-bond donors (Lipinski definition) is 0. The van der Waals surface area contributed by atoms with Crippen LogP contribution in [0.1, 0.15) is 23.9 Å². The van der Waals surface area contributed by atoms with Crippen LogP contribution in [0.25, 0.3) is 11.2 Å². The molecule has 0 spiro atoms. The van der Waals surface area contributed by atoms with Gasteiger partial charge in [-0.05, 0) is 43.7 Å². The van der Waals surface area contributed by atoms with Gasteiger partial charge in [-0.3, -0.25) is 0 Å². The van der Waals surface area contributed by atoms with Gasteiger partial charge in [0.25, 0.3) is 0 Å². The van der Waals surface area contributed by atoms with Crippen LogP contribution < -0.4 is 0 Å². The molecule has 0 N–H and O–H groups in total. The molecule has 1 aliphatic heterocycles. The molecule has 4 rings (SSSR count). The van der Waals surface area contributed by atoms with Crippen molar-refractivity contribution in [1.29, 1.82) is 0 Å². The Hall–Kier alpha value is -2.46. The molecule has 1 unspecified atom stereocenters. The number of halogens is 3. The Kier molecular flexibility index (Phi) is 4.42. The lowest BCUT2D eigenvalue weighted by molar-refractivity contribution is -0.137. The van der Waals surface area contributed by atoms with Gasteiger partial charge in [-0.2, -0.15) is 17.5 Å². The van der Waals surface area contributed by atoms with Gasteiger partial charge in [-0.25, -0.2) is 18.4 Å². The molecule has 0 amide bonds. The predicted molar refractivity (Wildman–Crippen MR) is 96.1 cm³/mol. The summed E-state index contributed by atoms with van der Waals surface area (Å²) in [5.41, 5.74) is 0.410. The molecule has 28 heavy (non-hydrogen) atoms. The summed E-state index contributed by atoms with van der Waals surface area (Å²) < 4.78 is 67.8. The first-order chi connectivity index (χ1) is 13.2. The van der Waals surface area contributed by atoms with E-state index in [1.165, 1.54) is 10.4 Å². The number of aryl methyl sites for hydroxylation is 1. The number of hydrogen-bond acceptors (Lipinski definition) is 4. The Balaban J connectivity index is 1.64. The van der Waals surface area contributed by atoms with Crippen LogP contribution in [-0.2, 0) is 16.2 Å². The van der Waals surface area contributed by atoms with Gasteiger partial charge >= 0.3 is 6.18 Å². The number of imidazole rings is 1. The fraction of sp³-hybridized carbons (Fsp3) is 0.333. The van der Waals surface area contributed by atoms with E-state index in [9.17, 15) is 21.6 Å². The van der Waals surface area contributed by atoms with E-state index in [1.54, 1.807) is 12.3 Å². The van der Waals surface area contributed by atoms with Crippen LogP contribution in [0.5, 0.6) is 0 Å². The van der Waals surface area contributed by atoms with Gasteiger partial charge in [-0.15, -0.1) is 0 Å². The van der Waals surface area contributed by atoms with Crippen LogP contribution in [0.15, 0.2) is 47.5 Å². The Labute approximate surface area is 159 Å². The van der Waals surface area contributed by atoms with Crippen molar-refractivity contribution in [2.24, 2.45) is 0 Å². The van der Waals surface area contributed by atoms with Crippen molar-refractivity contribution in [1.82, 2.24) is 18.8 Å². The minimum absolute atomic E-state index is 0.154. The zero-order valence-corrected chi connectivity index (χ0v) is 15.7. The highest BCUT2D eigenvalue weighted by molar-refractivity contribution is 7.89. The lowest BCUT2D eigenvalue weighted by Crippen LogP contribution is -2.29. The average Bonchev–Trinajstić information content (AvgIpc) is 3.25. The highest BCUT2D eigenvalue weighted by Gasteiger charge is 2.36. The SMILES string of the molecule is Cc1nc2cccnc2n1C1CCN(S(=O)(=O)c2cccc(C(F)(F)F)c2)C1. The van der Waals surface area contributed by atoms with Crippen LogP contribution in [0.2, 0.25) is 0 Å². The van der Waals surface area contributed by atoms with E-state index in [1.807, 2.05) is 17.6 Å². The molecule has 3 heterocycles. The molecule has 3 aromatic rings. The van der Waals surface area contributed by atoms with Crippen molar-refractivity contribution in [3.63, 3.8) is 0 Å². The lowest BCUT2D eigenvalue weighted by Gasteiger charge is -2.19. The molecule has 1 saturated heterocycles. The third-order valence-corrected chi connectivity index (χ3v) is 6.78. The summed E-state index contributed by atoms with van der Waals surface area (Å²) in [4.78, 5) is 8.43. The Morgan fingerprint density at radius 1 is 1.18 bits per heavy atom. The number of aromatic nitrogens is 3. The van der Waals surface area contributed by atoms with Gasteiger partial charge < -0.3 is 4.57 Å². The van der Waals surface area contributed by atoms with E-state index in [4.69, 9.17) is 0 Å². The van der Waals surface area contributed by atoms with Crippen molar-refractivity contribution in [2.45, 2.75) is 30.5 Å². The molecule has 1 aliphatic rings. The van der Waals surface area contributed by atoms with Crippen molar-refractivity contribution >= 4 is 21.2 Å². The van der Waals surface area contributed by atoms with Crippen molar-refractivity contribution < 1.29 is 21.6 Å². The molecule has 148 valence electrons. The second-order valence-corrected chi connectivity index (χ2v) is 8.64. The maximum Gasteiger partial charge on any atom is 0.416 e. The first-order valence-electron chi connectivity index (χ1n) is 8.65. The Bertz CT molecular complexity index is 1140. The minimum atomic E-state index is -4.60. The summed E-state index contributed by atoms with van der Waals surface area (Å²) in [6.45, 7) is 2.20. The number of sulfonamides is 1. The summed E-state index contributed by atoms with van der Waals surface area (Å²) in [7, 11) is -4.03. The molecular weight excluding hydrogens is 393 g/mol. The number of benzene rings is 1. The normalized spacial score (nSPS) is 18.8. The first kappa shape index (κ1) is 18.9. The lowest BCUT2D eigenvalue weighted by atomic mass is 10.2. The summed E-state index contributed by atoms with van der Waals surface area (Å²) in [5, 5.41) is 0. The predicted octanol–water partition coefficient (Wildman–Crippen LogP) is 3.39. The molecule has 2 aromatic heterocycles. The summed E-state index contributed by atoms with van der Waals surface area (Å²) in [6.07, 6.45) is -2.43. The number of alkyl halides is 3. The molecule has 0 aliphatic carbocycles. The molecule has 1 fully saturated rings. The van der Waals surface area contributed by atoms with E-state index < -0.39 is 21.8 Å². The topological polar surface area (TPSA) is 68.1 Å². The molecule has 1 atom stereocenters. The highest BCUT2D eigenvalue weighted by atomic mass is 32.2. The molecule has 6 nitrogen and oxygen atoms in total. The quantitative estimate of drug-likeness (QED) is 0.664. The van der Waals surface area contributed by atoms with Gasteiger partial charge in [0.05, 0.1) is 16.5 Å². The third-order valence-electron chi connectivity index (χ3n) is 4.92. The van der Waals surface area contributed by atoms with Crippen LogP contribution >= 0.6 is 0 Å². The summed E-state index contributed by atoms with van der Waals surface area (Å²) in [5.74, 6) is 0.719. The zero-order chi connectivity index (χ0) is 20.1. The zero-order valence-electron chi connectivity index (χ0n) is 14.9. The Morgan fingerprint density at radius 3 is 2.71 bits per heavy atom. The fourth-order valence-electron chi connectivity index (χ4n) is 3.60. The maximum atomic E-state index is 12.9. The van der Waals surface area contributed by atoms with Crippen LogP contribution in [0, 0.1) is 6.92 Å². The van der Waals surface area contributed by atoms with Gasteiger partial charge in [0.15, 0.2) is 5.65 Å². The van der Waals surface area contributed by atoms with E-state index in [0.29, 0.717) is 18.1 Å². The van der Waals surface area contributed by atoms with Crippen molar-refractivity contribution in [3.05, 3.63) is 54.0 Å². The van der Waals surface area contributed by atoms with Crippen molar-refractivity contribution in [2.75, 3.05) is 13.1 Å². The summed E-state index contributed by atoms with van der Waals surface area (Å²) >= 11 is 0. The van der Waals surface area contributed by atoms with Gasteiger partial charge in [0.2, 0.25) is 10.0 Å². The van der Waals surface area contributed by atoms with E-state index in [-0.39, 0.29) is 24.0 Å². The average molecular weight is 410 g/mol. The molecule has 0 saturated carbocycles. The second kappa shape index (κ2) is 6.56. The van der Waals surface area contributed by atoms with E-state index >= 15 is 0 Å². The van der Waals surface area contributed by atoms with E-state index in [0.717, 1.165) is 23.5 Å². The van der Waals surface area contributed by atoms with Crippen molar-refractivity contribution in [3.8, 4) is 0 Å².